The first-order valence-corrected chi connectivity index (χ1v) is 11.9. The second-order valence-corrected chi connectivity index (χ2v) is 10.1. The van der Waals surface area contributed by atoms with E-state index in [4.69, 9.17) is 9.98 Å². The Bertz CT molecular complexity index is 1040. The molecule has 0 amide bonds. The van der Waals surface area contributed by atoms with Crippen molar-refractivity contribution in [3.8, 4) is 0 Å². The molecule has 0 atom stereocenters. The molecule has 1 aromatic heterocycles. The largest absolute Gasteiger partial charge is 0.252 e. The standard InChI is InChI=1S/C28H34N2S/c1-17(2)23-15-19(5)9-11-25(23)29-21(7)27-13-14-28(31-27)22(8)30-26-12-10-20(6)16-24(26)18(3)4/h9-18H,1-8H3. The summed E-state index contributed by atoms with van der Waals surface area (Å²) in [6, 6.07) is 17.4. The van der Waals surface area contributed by atoms with Gasteiger partial charge in [0.15, 0.2) is 0 Å². The molecule has 3 heteroatoms. The maximum Gasteiger partial charge on any atom is 0.0668 e. The van der Waals surface area contributed by atoms with Crippen molar-refractivity contribution in [1.82, 2.24) is 0 Å². The van der Waals surface area contributed by atoms with E-state index in [0.29, 0.717) is 11.8 Å². The first-order chi connectivity index (χ1) is 14.7. The molecule has 0 N–H and O–H groups in total. The number of aliphatic imine (C=N–C) groups is 2. The van der Waals surface area contributed by atoms with Crippen LogP contribution in [0.15, 0.2) is 58.5 Å². The summed E-state index contributed by atoms with van der Waals surface area (Å²) in [5.41, 5.74) is 9.40. The maximum absolute atomic E-state index is 4.98. The van der Waals surface area contributed by atoms with Gasteiger partial charge in [-0.2, -0.15) is 0 Å². The molecule has 162 valence electrons. The van der Waals surface area contributed by atoms with E-state index < -0.39 is 0 Å². The molecular formula is C28H34N2S. The Kier molecular flexibility index (Phi) is 7.27. The second-order valence-electron chi connectivity index (χ2n) is 8.99. The third-order valence-corrected chi connectivity index (χ3v) is 6.81. The molecule has 0 spiro atoms. The zero-order valence-corrected chi connectivity index (χ0v) is 20.9. The van der Waals surface area contributed by atoms with Crippen LogP contribution in [0.4, 0.5) is 11.4 Å². The Labute approximate surface area is 191 Å². The van der Waals surface area contributed by atoms with Crippen LogP contribution < -0.4 is 0 Å². The Balaban J connectivity index is 1.92. The highest BCUT2D eigenvalue weighted by Crippen LogP contribution is 2.31. The lowest BCUT2D eigenvalue weighted by Crippen LogP contribution is -1.94. The van der Waals surface area contributed by atoms with Gasteiger partial charge in [-0.3, -0.25) is 9.98 Å². The molecule has 2 nitrogen and oxygen atoms in total. The Hall–Kier alpha value is -2.52. The van der Waals surface area contributed by atoms with Crippen molar-refractivity contribution < 1.29 is 0 Å². The summed E-state index contributed by atoms with van der Waals surface area (Å²) in [6.45, 7) is 17.4. The van der Waals surface area contributed by atoms with Gasteiger partial charge in [0.1, 0.15) is 0 Å². The Morgan fingerprint density at radius 2 is 1.03 bits per heavy atom. The minimum atomic E-state index is 0.449. The number of benzene rings is 2. The maximum atomic E-state index is 4.98. The molecule has 3 aromatic rings. The van der Waals surface area contributed by atoms with Gasteiger partial charge < -0.3 is 0 Å². The highest BCUT2D eigenvalue weighted by Gasteiger charge is 2.11. The third-order valence-electron chi connectivity index (χ3n) is 5.51. The fourth-order valence-electron chi connectivity index (χ4n) is 3.67. The van der Waals surface area contributed by atoms with Crippen molar-refractivity contribution >= 4 is 34.1 Å². The fraction of sp³-hybridized carbons (Fsp3) is 0.357. The molecule has 1 heterocycles. The molecule has 0 saturated heterocycles. The normalized spacial score (nSPS) is 12.8. The minimum absolute atomic E-state index is 0.449. The zero-order chi connectivity index (χ0) is 22.7. The molecule has 0 saturated carbocycles. The Morgan fingerprint density at radius 3 is 1.39 bits per heavy atom. The summed E-state index contributed by atoms with van der Waals surface area (Å²) in [5.74, 6) is 0.897. The molecule has 31 heavy (non-hydrogen) atoms. The lowest BCUT2D eigenvalue weighted by atomic mass is 9.99. The van der Waals surface area contributed by atoms with Crippen molar-refractivity contribution in [3.63, 3.8) is 0 Å². The van der Waals surface area contributed by atoms with E-state index in [2.05, 4.69) is 104 Å². The van der Waals surface area contributed by atoms with E-state index in [1.807, 2.05) is 0 Å². The zero-order valence-electron chi connectivity index (χ0n) is 20.1. The smallest absolute Gasteiger partial charge is 0.0668 e. The van der Waals surface area contributed by atoms with Crippen molar-refractivity contribution in [1.29, 1.82) is 0 Å². The van der Waals surface area contributed by atoms with Crippen LogP contribution >= 0.6 is 11.3 Å². The monoisotopic (exact) mass is 430 g/mol. The summed E-state index contributed by atoms with van der Waals surface area (Å²) in [6.07, 6.45) is 0. The summed E-state index contributed by atoms with van der Waals surface area (Å²) < 4.78 is 0. The molecule has 0 unspecified atom stereocenters. The van der Waals surface area contributed by atoms with Crippen LogP contribution in [-0.2, 0) is 0 Å². The molecule has 0 aliphatic heterocycles. The van der Waals surface area contributed by atoms with Crippen LogP contribution in [0.3, 0.4) is 0 Å². The average Bonchev–Trinajstić information content (AvgIpc) is 3.21. The van der Waals surface area contributed by atoms with Crippen LogP contribution in [0, 0.1) is 13.8 Å². The number of rotatable bonds is 6. The van der Waals surface area contributed by atoms with Crippen LogP contribution in [-0.4, -0.2) is 11.4 Å². The highest BCUT2D eigenvalue weighted by atomic mass is 32.1. The minimum Gasteiger partial charge on any atom is -0.252 e. The average molecular weight is 431 g/mol. The number of aryl methyl sites for hydroxylation is 2. The number of hydrogen-bond acceptors (Lipinski definition) is 3. The van der Waals surface area contributed by atoms with E-state index in [-0.39, 0.29) is 0 Å². The predicted octanol–water partition coefficient (Wildman–Crippen LogP) is 8.89. The van der Waals surface area contributed by atoms with Gasteiger partial charge in [-0.1, -0.05) is 63.1 Å². The molecule has 2 aromatic carbocycles. The van der Waals surface area contributed by atoms with Crippen LogP contribution in [0.5, 0.6) is 0 Å². The van der Waals surface area contributed by atoms with Crippen molar-refractivity contribution in [3.05, 3.63) is 80.5 Å². The number of hydrogen-bond donors (Lipinski definition) is 0. The number of thiophene rings is 1. The predicted molar refractivity (Wildman–Crippen MR) is 139 cm³/mol. The first kappa shape index (κ1) is 23.1. The van der Waals surface area contributed by atoms with Crippen molar-refractivity contribution in [2.75, 3.05) is 0 Å². The van der Waals surface area contributed by atoms with Gasteiger partial charge in [-0.25, -0.2) is 0 Å². The van der Waals surface area contributed by atoms with Gasteiger partial charge in [0.25, 0.3) is 0 Å². The van der Waals surface area contributed by atoms with E-state index in [1.54, 1.807) is 11.3 Å². The quantitative estimate of drug-likeness (QED) is 0.349. The van der Waals surface area contributed by atoms with E-state index in [9.17, 15) is 0 Å². The fourth-order valence-corrected chi connectivity index (χ4v) is 4.57. The van der Waals surface area contributed by atoms with Gasteiger partial charge in [0, 0.05) is 9.75 Å². The van der Waals surface area contributed by atoms with Crippen molar-refractivity contribution in [2.45, 2.75) is 67.2 Å². The molecule has 0 radical (unpaired) electrons. The van der Waals surface area contributed by atoms with Gasteiger partial charge in [-0.05, 0) is 74.9 Å². The van der Waals surface area contributed by atoms with Crippen LogP contribution in [0.1, 0.15) is 85.4 Å². The van der Waals surface area contributed by atoms with Crippen LogP contribution in [0.2, 0.25) is 0 Å². The van der Waals surface area contributed by atoms with E-state index >= 15 is 0 Å². The molecule has 0 bridgehead atoms. The van der Waals surface area contributed by atoms with Gasteiger partial charge in [0.05, 0.1) is 22.8 Å². The SMILES string of the molecule is CC(=Nc1ccc(C)cc1C(C)C)c1ccc(C(C)=Nc2ccc(C)cc2C(C)C)s1. The molecular weight excluding hydrogens is 396 g/mol. The van der Waals surface area contributed by atoms with Crippen LogP contribution in [0.25, 0.3) is 0 Å². The first-order valence-electron chi connectivity index (χ1n) is 11.1. The number of nitrogens with zero attached hydrogens (tertiary/aromatic N) is 2. The molecule has 0 fully saturated rings. The third kappa shape index (κ3) is 5.59. The lowest BCUT2D eigenvalue weighted by Gasteiger charge is -2.11. The summed E-state index contributed by atoms with van der Waals surface area (Å²) in [4.78, 5) is 12.3. The summed E-state index contributed by atoms with van der Waals surface area (Å²) >= 11 is 1.76. The summed E-state index contributed by atoms with van der Waals surface area (Å²) in [7, 11) is 0. The lowest BCUT2D eigenvalue weighted by molar-refractivity contribution is 0.865. The van der Waals surface area contributed by atoms with Gasteiger partial charge in [0.2, 0.25) is 0 Å². The van der Waals surface area contributed by atoms with Gasteiger partial charge >= 0.3 is 0 Å². The van der Waals surface area contributed by atoms with Gasteiger partial charge in [-0.15, -0.1) is 11.3 Å². The molecule has 0 aliphatic carbocycles. The summed E-state index contributed by atoms with van der Waals surface area (Å²) in [5, 5.41) is 0. The topological polar surface area (TPSA) is 24.7 Å². The molecule has 0 aliphatic rings. The van der Waals surface area contributed by atoms with E-state index in [0.717, 1.165) is 22.8 Å². The molecule has 3 rings (SSSR count). The second kappa shape index (κ2) is 9.74. The van der Waals surface area contributed by atoms with Crippen molar-refractivity contribution in [2.24, 2.45) is 9.98 Å². The Morgan fingerprint density at radius 1 is 0.645 bits per heavy atom. The van der Waals surface area contributed by atoms with E-state index in [1.165, 1.54) is 32.0 Å². The highest BCUT2D eigenvalue weighted by molar-refractivity contribution is 7.16.